The molecule has 0 unspecified atom stereocenters. The van der Waals surface area contributed by atoms with Crippen LogP contribution in [-0.2, 0) is 0 Å². The van der Waals surface area contributed by atoms with Crippen LogP contribution in [0.2, 0.25) is 0 Å². The van der Waals surface area contributed by atoms with Gasteiger partial charge < -0.3 is 10.8 Å². The van der Waals surface area contributed by atoms with Crippen LogP contribution in [0.25, 0.3) is 0 Å². The van der Waals surface area contributed by atoms with Crippen molar-refractivity contribution in [1.82, 2.24) is 4.90 Å². The van der Waals surface area contributed by atoms with Crippen molar-refractivity contribution in [2.45, 2.75) is 53.1 Å². The van der Waals surface area contributed by atoms with Gasteiger partial charge in [-0.2, -0.15) is 0 Å². The van der Waals surface area contributed by atoms with E-state index in [1.54, 1.807) is 0 Å². The van der Waals surface area contributed by atoms with Crippen molar-refractivity contribution in [1.29, 1.82) is 0 Å². The van der Waals surface area contributed by atoms with Gasteiger partial charge in [0, 0.05) is 12.1 Å². The molecule has 1 atom stereocenters. The van der Waals surface area contributed by atoms with Crippen molar-refractivity contribution in [3.8, 4) is 0 Å². The third-order valence-electron chi connectivity index (χ3n) is 2.46. The van der Waals surface area contributed by atoms with Crippen LogP contribution in [0.5, 0.6) is 0 Å². The lowest BCUT2D eigenvalue weighted by atomic mass is 9.83. The molecule has 0 spiro atoms. The molecule has 0 saturated carbocycles. The van der Waals surface area contributed by atoms with Gasteiger partial charge in [-0.25, -0.2) is 4.79 Å². The molecule has 1 amide bonds. The Bertz CT molecular complexity index is 226. The smallest absolute Gasteiger partial charge is 0.408 e. The normalized spacial score (nSPS) is 14.9. The van der Waals surface area contributed by atoms with Gasteiger partial charge in [-0.1, -0.05) is 20.8 Å². The maximum atomic E-state index is 11.3. The molecule has 4 heteroatoms. The lowest BCUT2D eigenvalue weighted by Crippen LogP contribution is -2.58. The Morgan fingerprint density at radius 1 is 1.27 bits per heavy atom. The fourth-order valence-corrected chi connectivity index (χ4v) is 1.73. The Hall–Kier alpha value is -0.770. The first-order valence-electron chi connectivity index (χ1n) is 5.24. The van der Waals surface area contributed by atoms with Crippen molar-refractivity contribution in [2.75, 3.05) is 6.54 Å². The molecule has 0 aliphatic heterocycles. The zero-order chi connectivity index (χ0) is 12.4. The molecule has 0 aromatic heterocycles. The van der Waals surface area contributed by atoms with Gasteiger partial charge in [-0.3, -0.25) is 4.90 Å². The van der Waals surface area contributed by atoms with Crippen LogP contribution in [-0.4, -0.2) is 34.2 Å². The number of rotatable bonds is 2. The SMILES string of the molecule is CC(C)(C)[C@@H](CN)N(C(=O)O)C(C)(C)C. The van der Waals surface area contributed by atoms with Crippen LogP contribution in [0, 0.1) is 5.41 Å². The highest BCUT2D eigenvalue weighted by Gasteiger charge is 2.38. The van der Waals surface area contributed by atoms with E-state index in [9.17, 15) is 9.90 Å². The fourth-order valence-electron chi connectivity index (χ4n) is 1.73. The third kappa shape index (κ3) is 3.70. The molecule has 0 heterocycles. The number of hydrogen-bond donors (Lipinski definition) is 2. The molecule has 0 aromatic rings. The summed E-state index contributed by atoms with van der Waals surface area (Å²) in [6, 6.07) is -0.171. The largest absolute Gasteiger partial charge is 0.465 e. The number of hydrogen-bond acceptors (Lipinski definition) is 2. The van der Waals surface area contributed by atoms with Crippen LogP contribution in [0.15, 0.2) is 0 Å². The fraction of sp³-hybridized carbons (Fsp3) is 0.909. The van der Waals surface area contributed by atoms with Gasteiger partial charge >= 0.3 is 6.09 Å². The summed E-state index contributed by atoms with van der Waals surface area (Å²) in [5.74, 6) is 0. The summed E-state index contributed by atoms with van der Waals surface area (Å²) in [6.45, 7) is 12.0. The second-order valence-electron chi connectivity index (χ2n) is 5.94. The molecule has 0 fully saturated rings. The minimum atomic E-state index is -0.909. The second-order valence-corrected chi connectivity index (χ2v) is 5.94. The molecule has 0 aliphatic carbocycles. The summed E-state index contributed by atoms with van der Waals surface area (Å²) < 4.78 is 0. The molecule has 90 valence electrons. The molecule has 0 radical (unpaired) electrons. The summed E-state index contributed by atoms with van der Waals surface area (Å²) in [5.41, 5.74) is 5.11. The first-order valence-corrected chi connectivity index (χ1v) is 5.24. The van der Waals surface area contributed by atoms with Crippen molar-refractivity contribution >= 4 is 6.09 Å². The predicted molar refractivity (Wildman–Crippen MR) is 61.9 cm³/mol. The zero-order valence-corrected chi connectivity index (χ0v) is 10.7. The highest BCUT2D eigenvalue weighted by Crippen LogP contribution is 2.29. The molecule has 0 aromatic carbocycles. The maximum absolute atomic E-state index is 11.3. The van der Waals surface area contributed by atoms with Crippen molar-refractivity contribution < 1.29 is 9.90 Å². The Morgan fingerprint density at radius 2 is 1.67 bits per heavy atom. The summed E-state index contributed by atoms with van der Waals surface area (Å²) in [6.07, 6.45) is -0.909. The lowest BCUT2D eigenvalue weighted by Gasteiger charge is -2.45. The van der Waals surface area contributed by atoms with Gasteiger partial charge in [-0.15, -0.1) is 0 Å². The summed E-state index contributed by atoms with van der Waals surface area (Å²) in [4.78, 5) is 12.7. The highest BCUT2D eigenvalue weighted by molar-refractivity contribution is 5.66. The average Bonchev–Trinajstić information content (AvgIpc) is 1.93. The predicted octanol–water partition coefficient (Wildman–Crippen LogP) is 2.14. The van der Waals surface area contributed by atoms with Crippen LogP contribution in [0.4, 0.5) is 4.79 Å². The standard InChI is InChI=1S/C11H24N2O2/c1-10(2,3)8(7-12)13(9(14)15)11(4,5)6/h8H,7,12H2,1-6H3,(H,14,15)/t8-/m1/s1. The van der Waals surface area contributed by atoms with Gasteiger partial charge in [0.15, 0.2) is 0 Å². The lowest BCUT2D eigenvalue weighted by molar-refractivity contribution is 0.0323. The number of amides is 1. The van der Waals surface area contributed by atoms with E-state index < -0.39 is 11.6 Å². The minimum Gasteiger partial charge on any atom is -0.465 e. The molecular weight excluding hydrogens is 192 g/mol. The first-order chi connectivity index (χ1) is 6.51. The first kappa shape index (κ1) is 14.2. The average molecular weight is 216 g/mol. The van der Waals surface area contributed by atoms with E-state index in [0.29, 0.717) is 6.54 Å². The number of nitrogens with two attached hydrogens (primary N) is 1. The molecule has 4 nitrogen and oxygen atoms in total. The molecule has 0 bridgehead atoms. The van der Waals surface area contributed by atoms with E-state index in [4.69, 9.17) is 5.73 Å². The van der Waals surface area contributed by atoms with Gasteiger partial charge in [0.25, 0.3) is 0 Å². The molecule has 15 heavy (non-hydrogen) atoms. The van der Waals surface area contributed by atoms with Crippen LogP contribution < -0.4 is 5.73 Å². The zero-order valence-electron chi connectivity index (χ0n) is 10.7. The maximum Gasteiger partial charge on any atom is 0.408 e. The highest BCUT2D eigenvalue weighted by atomic mass is 16.4. The third-order valence-corrected chi connectivity index (χ3v) is 2.46. The Kier molecular flexibility index (Phi) is 4.17. The number of nitrogens with zero attached hydrogens (tertiary/aromatic N) is 1. The van der Waals surface area contributed by atoms with Crippen LogP contribution in [0.1, 0.15) is 41.5 Å². The van der Waals surface area contributed by atoms with Gasteiger partial charge in [0.05, 0.1) is 6.04 Å². The molecule has 0 rings (SSSR count). The molecule has 3 N–H and O–H groups in total. The quantitative estimate of drug-likeness (QED) is 0.743. The van der Waals surface area contributed by atoms with Gasteiger partial charge in [0.2, 0.25) is 0 Å². The van der Waals surface area contributed by atoms with Crippen molar-refractivity contribution in [3.05, 3.63) is 0 Å². The van der Waals surface area contributed by atoms with E-state index >= 15 is 0 Å². The van der Waals surface area contributed by atoms with E-state index in [2.05, 4.69) is 0 Å². The number of carboxylic acid groups (broad SMARTS) is 1. The van der Waals surface area contributed by atoms with Crippen molar-refractivity contribution in [3.63, 3.8) is 0 Å². The number of carbonyl (C=O) groups is 1. The topological polar surface area (TPSA) is 66.6 Å². The van der Waals surface area contributed by atoms with E-state index in [1.807, 2.05) is 41.5 Å². The monoisotopic (exact) mass is 216 g/mol. The van der Waals surface area contributed by atoms with E-state index in [1.165, 1.54) is 4.90 Å². The van der Waals surface area contributed by atoms with Gasteiger partial charge in [-0.05, 0) is 26.2 Å². The van der Waals surface area contributed by atoms with Crippen LogP contribution >= 0.6 is 0 Å². The van der Waals surface area contributed by atoms with E-state index in [0.717, 1.165) is 0 Å². The van der Waals surface area contributed by atoms with Crippen LogP contribution in [0.3, 0.4) is 0 Å². The Balaban J connectivity index is 5.15. The Labute approximate surface area is 92.4 Å². The molecular formula is C11H24N2O2. The Morgan fingerprint density at radius 3 is 1.73 bits per heavy atom. The molecule has 0 saturated heterocycles. The minimum absolute atomic E-state index is 0.152. The summed E-state index contributed by atoms with van der Waals surface area (Å²) in [7, 11) is 0. The second kappa shape index (κ2) is 4.39. The molecule has 0 aliphatic rings. The van der Waals surface area contributed by atoms with Gasteiger partial charge in [0.1, 0.15) is 0 Å². The summed E-state index contributed by atoms with van der Waals surface area (Å²) in [5, 5.41) is 9.24. The summed E-state index contributed by atoms with van der Waals surface area (Å²) >= 11 is 0. The van der Waals surface area contributed by atoms with E-state index in [-0.39, 0.29) is 11.5 Å². The van der Waals surface area contributed by atoms with Crippen molar-refractivity contribution in [2.24, 2.45) is 11.1 Å².